The Bertz CT molecular complexity index is 998. The number of nitrogens with one attached hydrogen (secondary N) is 1. The summed E-state index contributed by atoms with van der Waals surface area (Å²) in [6.07, 6.45) is 2.74. The van der Waals surface area contributed by atoms with Crippen LogP contribution < -0.4 is 5.32 Å². The van der Waals surface area contributed by atoms with E-state index in [2.05, 4.69) is 10.3 Å². The molecular weight excluding hydrogens is 312 g/mol. The van der Waals surface area contributed by atoms with E-state index < -0.39 is 9.84 Å². The smallest absolute Gasteiger partial charge is 0.177 e. The van der Waals surface area contributed by atoms with Gasteiger partial charge in [0, 0.05) is 34.8 Å². The van der Waals surface area contributed by atoms with Crippen molar-refractivity contribution in [2.75, 3.05) is 11.6 Å². The molecule has 0 aliphatic heterocycles. The summed E-state index contributed by atoms with van der Waals surface area (Å²) in [5, 5.41) is 13.8. The zero-order chi connectivity index (χ0) is 16.6. The molecule has 0 saturated heterocycles. The number of phenols is 1. The minimum atomic E-state index is -3.36. The lowest BCUT2D eigenvalue weighted by molar-refractivity contribution is 0.471. The lowest BCUT2D eigenvalue weighted by atomic mass is 10.1. The average Bonchev–Trinajstić information content (AvgIpc) is 2.50. The van der Waals surface area contributed by atoms with E-state index in [1.165, 1.54) is 6.26 Å². The monoisotopic (exact) mass is 328 g/mol. The molecule has 0 bridgehead atoms. The summed E-state index contributed by atoms with van der Waals surface area (Å²) in [6.45, 7) is 1.81. The van der Waals surface area contributed by atoms with Gasteiger partial charge in [-0.1, -0.05) is 18.2 Å². The normalized spacial score (nSPS) is 11.6. The molecule has 23 heavy (non-hydrogen) atoms. The molecule has 5 nitrogen and oxygen atoms in total. The van der Waals surface area contributed by atoms with E-state index in [0.29, 0.717) is 10.9 Å². The molecular formula is C17H16N2O3S. The van der Waals surface area contributed by atoms with Gasteiger partial charge in [-0.3, -0.25) is 4.98 Å². The van der Waals surface area contributed by atoms with E-state index in [0.717, 1.165) is 16.9 Å². The second-order valence-electron chi connectivity index (χ2n) is 5.36. The number of hydrogen-bond acceptors (Lipinski definition) is 5. The molecule has 0 aliphatic rings. The van der Waals surface area contributed by atoms with Crippen molar-refractivity contribution < 1.29 is 13.5 Å². The summed E-state index contributed by atoms with van der Waals surface area (Å²) in [5.41, 5.74) is 2.63. The summed E-state index contributed by atoms with van der Waals surface area (Å²) in [5.74, 6) is 0.199. The van der Waals surface area contributed by atoms with Gasteiger partial charge in [0.1, 0.15) is 5.75 Å². The van der Waals surface area contributed by atoms with Gasteiger partial charge in [-0.15, -0.1) is 0 Å². The van der Waals surface area contributed by atoms with Crippen LogP contribution in [-0.4, -0.2) is 24.8 Å². The minimum absolute atomic E-state index is 0.199. The van der Waals surface area contributed by atoms with Gasteiger partial charge in [0.05, 0.1) is 10.4 Å². The van der Waals surface area contributed by atoms with Crippen LogP contribution >= 0.6 is 0 Å². The highest BCUT2D eigenvalue weighted by atomic mass is 32.2. The molecule has 6 heteroatoms. The molecule has 3 rings (SSSR count). The van der Waals surface area contributed by atoms with Crippen molar-refractivity contribution in [2.45, 2.75) is 11.8 Å². The number of phenolic OH excluding ortho intramolecular Hbond substituents is 1. The number of rotatable bonds is 3. The van der Waals surface area contributed by atoms with Crippen LogP contribution in [0.3, 0.4) is 0 Å². The SMILES string of the molecule is Cc1c(O)cccc1Nc1ccnc2c(S(C)(=O)=O)cccc12. The van der Waals surface area contributed by atoms with Crippen LogP contribution in [-0.2, 0) is 9.84 Å². The molecule has 0 amide bonds. The topological polar surface area (TPSA) is 79.3 Å². The second kappa shape index (κ2) is 5.55. The molecule has 0 fully saturated rings. The number of sulfone groups is 1. The number of fused-ring (bicyclic) bond motifs is 1. The van der Waals surface area contributed by atoms with Gasteiger partial charge in [-0.05, 0) is 31.2 Å². The van der Waals surface area contributed by atoms with Crippen LogP contribution in [0.1, 0.15) is 5.56 Å². The zero-order valence-corrected chi connectivity index (χ0v) is 13.6. The fourth-order valence-electron chi connectivity index (χ4n) is 2.46. The maximum Gasteiger partial charge on any atom is 0.177 e. The Morgan fingerprint density at radius 3 is 2.52 bits per heavy atom. The Morgan fingerprint density at radius 2 is 1.78 bits per heavy atom. The van der Waals surface area contributed by atoms with E-state index in [4.69, 9.17) is 0 Å². The molecule has 0 saturated carbocycles. The lowest BCUT2D eigenvalue weighted by Crippen LogP contribution is -2.01. The molecule has 0 radical (unpaired) electrons. The Balaban J connectivity index is 2.18. The van der Waals surface area contributed by atoms with E-state index in [1.807, 2.05) is 19.1 Å². The zero-order valence-electron chi connectivity index (χ0n) is 12.7. The Kier molecular flexibility index (Phi) is 3.69. The molecule has 1 aromatic heterocycles. The van der Waals surface area contributed by atoms with Gasteiger partial charge < -0.3 is 10.4 Å². The molecule has 0 aliphatic carbocycles. The van der Waals surface area contributed by atoms with Crippen molar-refractivity contribution in [3.05, 3.63) is 54.2 Å². The number of benzene rings is 2. The van der Waals surface area contributed by atoms with Crippen molar-refractivity contribution in [2.24, 2.45) is 0 Å². The van der Waals surface area contributed by atoms with Crippen molar-refractivity contribution in [3.8, 4) is 5.75 Å². The molecule has 2 aromatic carbocycles. The third-order valence-electron chi connectivity index (χ3n) is 3.71. The Morgan fingerprint density at radius 1 is 1.04 bits per heavy atom. The van der Waals surface area contributed by atoms with Gasteiger partial charge in [0.2, 0.25) is 0 Å². The number of aromatic nitrogens is 1. The second-order valence-corrected chi connectivity index (χ2v) is 7.34. The number of para-hydroxylation sites is 1. The number of hydrogen-bond donors (Lipinski definition) is 2. The van der Waals surface area contributed by atoms with Gasteiger partial charge >= 0.3 is 0 Å². The maximum atomic E-state index is 11.9. The lowest BCUT2D eigenvalue weighted by Gasteiger charge is -2.13. The first-order valence-electron chi connectivity index (χ1n) is 7.01. The van der Waals surface area contributed by atoms with E-state index in [-0.39, 0.29) is 10.6 Å². The van der Waals surface area contributed by atoms with E-state index in [9.17, 15) is 13.5 Å². The molecule has 118 valence electrons. The number of pyridine rings is 1. The van der Waals surface area contributed by atoms with Crippen LogP contribution in [0, 0.1) is 6.92 Å². The number of anilines is 2. The molecule has 0 unspecified atom stereocenters. The minimum Gasteiger partial charge on any atom is -0.508 e. The third-order valence-corrected chi connectivity index (χ3v) is 4.84. The highest BCUT2D eigenvalue weighted by Gasteiger charge is 2.14. The van der Waals surface area contributed by atoms with Crippen molar-refractivity contribution >= 4 is 32.1 Å². The summed E-state index contributed by atoms with van der Waals surface area (Å²) in [7, 11) is -3.36. The van der Waals surface area contributed by atoms with Gasteiger partial charge in [-0.25, -0.2) is 8.42 Å². The van der Waals surface area contributed by atoms with Crippen molar-refractivity contribution in [1.29, 1.82) is 0 Å². The highest BCUT2D eigenvalue weighted by Crippen LogP contribution is 2.32. The maximum absolute atomic E-state index is 11.9. The quantitative estimate of drug-likeness (QED) is 0.770. The first kappa shape index (κ1) is 15.3. The fourth-order valence-corrected chi connectivity index (χ4v) is 3.30. The third kappa shape index (κ3) is 2.85. The summed E-state index contributed by atoms with van der Waals surface area (Å²) >= 11 is 0. The van der Waals surface area contributed by atoms with Gasteiger partial charge in [0.15, 0.2) is 9.84 Å². The standard InChI is InChI=1S/C17H16N2O3S/c1-11-13(6-4-7-15(11)20)19-14-9-10-18-17-12(14)5-3-8-16(17)23(2,21)22/h3-10,20H,1-2H3,(H,18,19). The van der Waals surface area contributed by atoms with Crippen molar-refractivity contribution in [1.82, 2.24) is 4.98 Å². The van der Waals surface area contributed by atoms with E-state index in [1.54, 1.807) is 36.5 Å². The van der Waals surface area contributed by atoms with Crippen LogP contribution in [0.5, 0.6) is 5.75 Å². The van der Waals surface area contributed by atoms with E-state index >= 15 is 0 Å². The largest absolute Gasteiger partial charge is 0.508 e. The van der Waals surface area contributed by atoms with Crippen LogP contribution in [0.4, 0.5) is 11.4 Å². The summed E-state index contributed by atoms with van der Waals surface area (Å²) < 4.78 is 23.8. The Labute approximate surface area is 134 Å². The van der Waals surface area contributed by atoms with Crippen molar-refractivity contribution in [3.63, 3.8) is 0 Å². The summed E-state index contributed by atoms with van der Waals surface area (Å²) in [4.78, 5) is 4.42. The van der Waals surface area contributed by atoms with Gasteiger partial charge in [0.25, 0.3) is 0 Å². The molecule has 0 spiro atoms. The fraction of sp³-hybridized carbons (Fsp3) is 0.118. The molecule has 3 aromatic rings. The highest BCUT2D eigenvalue weighted by molar-refractivity contribution is 7.91. The average molecular weight is 328 g/mol. The number of nitrogens with zero attached hydrogens (tertiary/aromatic N) is 1. The summed E-state index contributed by atoms with van der Waals surface area (Å²) in [6, 6.07) is 12.1. The van der Waals surface area contributed by atoms with Crippen LogP contribution in [0.25, 0.3) is 10.9 Å². The molecule has 1 heterocycles. The van der Waals surface area contributed by atoms with Crippen LogP contribution in [0.15, 0.2) is 53.6 Å². The molecule has 2 N–H and O–H groups in total. The first-order chi connectivity index (χ1) is 10.9. The molecule has 0 atom stereocenters. The predicted molar refractivity (Wildman–Crippen MR) is 91.0 cm³/mol. The predicted octanol–water partition coefficient (Wildman–Crippen LogP) is 3.40. The first-order valence-corrected chi connectivity index (χ1v) is 8.90. The van der Waals surface area contributed by atoms with Crippen LogP contribution in [0.2, 0.25) is 0 Å². The Hall–Kier alpha value is -2.60. The number of aromatic hydroxyl groups is 1. The van der Waals surface area contributed by atoms with Gasteiger partial charge in [-0.2, -0.15) is 0 Å².